The molecular formula is C19H19ClFNO2. The van der Waals surface area contributed by atoms with Crippen LogP contribution >= 0.6 is 11.6 Å². The van der Waals surface area contributed by atoms with Crippen molar-refractivity contribution in [2.75, 3.05) is 6.54 Å². The Labute approximate surface area is 145 Å². The van der Waals surface area contributed by atoms with E-state index in [1.807, 2.05) is 12.1 Å². The SMILES string of the molecule is CC(O)(CNC(=O)C1(c2ccc(Cl)cc2)CC1)c1ccc(F)cc1. The minimum absolute atomic E-state index is 0.0623. The van der Waals surface area contributed by atoms with Gasteiger partial charge in [0.25, 0.3) is 0 Å². The molecule has 24 heavy (non-hydrogen) atoms. The fourth-order valence-electron chi connectivity index (χ4n) is 2.87. The molecule has 1 fully saturated rings. The highest BCUT2D eigenvalue weighted by Gasteiger charge is 2.51. The van der Waals surface area contributed by atoms with Gasteiger partial charge in [-0.15, -0.1) is 0 Å². The molecule has 3 nitrogen and oxygen atoms in total. The first kappa shape index (κ1) is 16.9. The van der Waals surface area contributed by atoms with Crippen molar-refractivity contribution in [3.05, 3.63) is 70.5 Å². The van der Waals surface area contributed by atoms with Crippen LogP contribution in [-0.4, -0.2) is 17.6 Å². The molecule has 2 N–H and O–H groups in total. The van der Waals surface area contributed by atoms with Crippen LogP contribution in [0.25, 0.3) is 0 Å². The lowest BCUT2D eigenvalue weighted by molar-refractivity contribution is -0.124. The third-order valence-electron chi connectivity index (χ3n) is 4.64. The van der Waals surface area contributed by atoms with Gasteiger partial charge in [-0.3, -0.25) is 4.79 Å². The number of nitrogens with one attached hydrogen (secondary N) is 1. The van der Waals surface area contributed by atoms with E-state index in [1.54, 1.807) is 19.1 Å². The highest BCUT2D eigenvalue weighted by molar-refractivity contribution is 6.30. The summed E-state index contributed by atoms with van der Waals surface area (Å²) in [5, 5.41) is 14.0. The summed E-state index contributed by atoms with van der Waals surface area (Å²) in [5.74, 6) is -0.467. The van der Waals surface area contributed by atoms with E-state index in [0.29, 0.717) is 10.6 Å². The van der Waals surface area contributed by atoms with E-state index in [9.17, 15) is 14.3 Å². The minimum Gasteiger partial charge on any atom is -0.384 e. The Morgan fingerprint density at radius 1 is 1.21 bits per heavy atom. The molecule has 2 aromatic rings. The summed E-state index contributed by atoms with van der Waals surface area (Å²) in [6, 6.07) is 12.9. The summed E-state index contributed by atoms with van der Waals surface area (Å²) in [6.07, 6.45) is 1.55. The summed E-state index contributed by atoms with van der Waals surface area (Å²) in [7, 11) is 0. The number of amides is 1. The first-order valence-electron chi connectivity index (χ1n) is 7.86. The molecule has 0 heterocycles. The van der Waals surface area contributed by atoms with Gasteiger partial charge < -0.3 is 10.4 Å². The predicted molar refractivity (Wildman–Crippen MR) is 91.3 cm³/mol. The average molecular weight is 348 g/mol. The highest BCUT2D eigenvalue weighted by Crippen LogP contribution is 2.48. The lowest BCUT2D eigenvalue weighted by Gasteiger charge is -2.26. The van der Waals surface area contributed by atoms with Gasteiger partial charge in [-0.2, -0.15) is 0 Å². The van der Waals surface area contributed by atoms with E-state index in [0.717, 1.165) is 18.4 Å². The molecular weight excluding hydrogens is 329 g/mol. The Bertz CT molecular complexity index is 737. The Morgan fingerprint density at radius 3 is 2.33 bits per heavy atom. The molecule has 1 amide bonds. The molecule has 2 aromatic carbocycles. The lowest BCUT2D eigenvalue weighted by Crippen LogP contribution is -2.43. The van der Waals surface area contributed by atoms with Crippen molar-refractivity contribution in [2.45, 2.75) is 30.8 Å². The van der Waals surface area contributed by atoms with Crippen molar-refractivity contribution in [1.29, 1.82) is 0 Å². The van der Waals surface area contributed by atoms with Crippen molar-refractivity contribution in [3.8, 4) is 0 Å². The zero-order chi connectivity index (χ0) is 17.4. The quantitative estimate of drug-likeness (QED) is 0.869. The maximum Gasteiger partial charge on any atom is 0.230 e. The first-order valence-corrected chi connectivity index (χ1v) is 8.24. The van der Waals surface area contributed by atoms with Crippen molar-refractivity contribution < 1.29 is 14.3 Å². The lowest BCUT2D eigenvalue weighted by atomic mass is 9.93. The Morgan fingerprint density at radius 2 is 1.79 bits per heavy atom. The van der Waals surface area contributed by atoms with E-state index in [1.165, 1.54) is 24.3 Å². The zero-order valence-corrected chi connectivity index (χ0v) is 14.1. The molecule has 1 aliphatic rings. The van der Waals surface area contributed by atoms with E-state index in [4.69, 9.17) is 11.6 Å². The topological polar surface area (TPSA) is 49.3 Å². The summed E-state index contributed by atoms with van der Waals surface area (Å²) in [5.41, 5.74) is -0.297. The maximum atomic E-state index is 13.0. The van der Waals surface area contributed by atoms with Crippen molar-refractivity contribution in [2.24, 2.45) is 0 Å². The predicted octanol–water partition coefficient (Wildman–Crippen LogP) is 3.53. The number of rotatable bonds is 5. The maximum absolute atomic E-state index is 13.0. The normalized spacial score (nSPS) is 17.8. The fourth-order valence-corrected chi connectivity index (χ4v) is 3.00. The molecule has 0 saturated heterocycles. The smallest absolute Gasteiger partial charge is 0.230 e. The second kappa shape index (κ2) is 6.19. The number of aliphatic hydroxyl groups is 1. The van der Waals surface area contributed by atoms with E-state index in [2.05, 4.69) is 5.32 Å². The molecule has 1 aliphatic carbocycles. The van der Waals surface area contributed by atoms with Crippen LogP contribution in [-0.2, 0) is 15.8 Å². The molecule has 0 aromatic heterocycles. The fraction of sp³-hybridized carbons (Fsp3) is 0.316. The summed E-state index contributed by atoms with van der Waals surface area (Å²) < 4.78 is 13.0. The second-order valence-corrected chi connectivity index (χ2v) is 6.99. The third-order valence-corrected chi connectivity index (χ3v) is 4.89. The van der Waals surface area contributed by atoms with Crippen molar-refractivity contribution >= 4 is 17.5 Å². The van der Waals surface area contributed by atoms with Gasteiger partial charge in [0.1, 0.15) is 11.4 Å². The Hall–Kier alpha value is -1.91. The zero-order valence-electron chi connectivity index (χ0n) is 13.4. The summed E-state index contributed by atoms with van der Waals surface area (Å²) in [4.78, 5) is 12.6. The van der Waals surface area contributed by atoms with E-state index >= 15 is 0 Å². The van der Waals surface area contributed by atoms with Crippen LogP contribution in [0.15, 0.2) is 48.5 Å². The Kier molecular flexibility index (Phi) is 4.37. The summed E-state index contributed by atoms with van der Waals surface area (Å²) in [6.45, 7) is 1.66. The minimum atomic E-state index is -1.26. The number of hydrogen-bond donors (Lipinski definition) is 2. The van der Waals surface area contributed by atoms with Gasteiger partial charge in [-0.1, -0.05) is 35.9 Å². The van der Waals surface area contributed by atoms with Gasteiger partial charge in [-0.25, -0.2) is 4.39 Å². The molecule has 0 aliphatic heterocycles. The molecule has 1 atom stereocenters. The second-order valence-electron chi connectivity index (χ2n) is 6.55. The van der Waals surface area contributed by atoms with Gasteiger partial charge in [-0.05, 0) is 55.2 Å². The summed E-state index contributed by atoms with van der Waals surface area (Å²) >= 11 is 5.90. The molecule has 0 bridgehead atoms. The molecule has 3 rings (SSSR count). The average Bonchev–Trinajstić information content (AvgIpc) is 3.35. The molecule has 5 heteroatoms. The monoisotopic (exact) mass is 347 g/mol. The van der Waals surface area contributed by atoms with Crippen LogP contribution in [0, 0.1) is 5.82 Å². The van der Waals surface area contributed by atoms with Crippen LogP contribution in [0.2, 0.25) is 5.02 Å². The van der Waals surface area contributed by atoms with Gasteiger partial charge in [0.2, 0.25) is 5.91 Å². The van der Waals surface area contributed by atoms with Gasteiger partial charge in [0, 0.05) is 5.02 Å². The van der Waals surface area contributed by atoms with Crippen LogP contribution < -0.4 is 5.32 Å². The van der Waals surface area contributed by atoms with E-state index in [-0.39, 0.29) is 18.3 Å². The molecule has 0 spiro atoms. The van der Waals surface area contributed by atoms with Gasteiger partial charge in [0.15, 0.2) is 0 Å². The molecule has 126 valence electrons. The van der Waals surface area contributed by atoms with Crippen molar-refractivity contribution in [3.63, 3.8) is 0 Å². The van der Waals surface area contributed by atoms with Crippen LogP contribution in [0.1, 0.15) is 30.9 Å². The van der Waals surface area contributed by atoms with Gasteiger partial charge in [0.05, 0.1) is 12.0 Å². The standard InChI is InChI=1S/C19H19ClFNO2/c1-18(24,13-4-8-16(21)9-5-13)12-22-17(23)19(10-11-19)14-2-6-15(20)7-3-14/h2-9,24H,10-12H2,1H3,(H,22,23). The van der Waals surface area contributed by atoms with Crippen molar-refractivity contribution in [1.82, 2.24) is 5.32 Å². The highest BCUT2D eigenvalue weighted by atomic mass is 35.5. The molecule has 0 radical (unpaired) electrons. The third kappa shape index (κ3) is 3.30. The first-order chi connectivity index (χ1) is 11.3. The van der Waals surface area contributed by atoms with E-state index < -0.39 is 11.0 Å². The molecule has 1 unspecified atom stereocenters. The van der Waals surface area contributed by atoms with Crippen LogP contribution in [0.3, 0.4) is 0 Å². The number of carbonyl (C=O) groups excluding carboxylic acids is 1. The number of halogens is 2. The number of carbonyl (C=O) groups is 1. The Balaban J connectivity index is 1.69. The van der Waals surface area contributed by atoms with Crippen LogP contribution in [0.5, 0.6) is 0 Å². The number of hydrogen-bond acceptors (Lipinski definition) is 2. The largest absolute Gasteiger partial charge is 0.384 e. The van der Waals surface area contributed by atoms with Gasteiger partial charge >= 0.3 is 0 Å². The molecule has 1 saturated carbocycles. The number of benzene rings is 2. The van der Waals surface area contributed by atoms with Crippen LogP contribution in [0.4, 0.5) is 4.39 Å².